The quantitative estimate of drug-likeness (QED) is 0.275. The summed E-state index contributed by atoms with van der Waals surface area (Å²) in [6.45, 7) is 1.62. The van der Waals surface area contributed by atoms with E-state index in [1.54, 1.807) is 25.3 Å². The van der Waals surface area contributed by atoms with E-state index in [-0.39, 0.29) is 16.8 Å². The topological polar surface area (TPSA) is 165 Å². The lowest BCUT2D eigenvalue weighted by Gasteiger charge is -2.15. The maximum atomic E-state index is 13.1. The van der Waals surface area contributed by atoms with Crippen LogP contribution in [0.2, 0.25) is 0 Å². The first-order valence-corrected chi connectivity index (χ1v) is 11.5. The van der Waals surface area contributed by atoms with Crippen LogP contribution in [0.25, 0.3) is 11.0 Å². The van der Waals surface area contributed by atoms with E-state index in [0.29, 0.717) is 29.5 Å². The lowest BCUT2D eigenvalue weighted by molar-refractivity contribution is -0.140. The SMILES string of the molecule is Cc1c(CC(=O)O)c(=O)oc2cc(NC(=O)C(CC(=O)O)n3cc(CCc4ccccc4)nn3)ccc12. The molecule has 37 heavy (non-hydrogen) atoms. The van der Waals surface area contributed by atoms with Crippen LogP contribution in [-0.2, 0) is 33.6 Å². The third kappa shape index (κ3) is 6.07. The Morgan fingerprint density at radius 3 is 2.51 bits per heavy atom. The Hall–Kier alpha value is -4.80. The van der Waals surface area contributed by atoms with Gasteiger partial charge in [-0.05, 0) is 43.0 Å². The minimum absolute atomic E-state index is 0.0487. The lowest BCUT2D eigenvalue weighted by Crippen LogP contribution is -2.28. The van der Waals surface area contributed by atoms with Gasteiger partial charge in [-0.2, -0.15) is 0 Å². The van der Waals surface area contributed by atoms with E-state index in [0.717, 1.165) is 5.56 Å². The molecule has 1 amide bonds. The molecule has 1 unspecified atom stereocenters. The van der Waals surface area contributed by atoms with Crippen molar-refractivity contribution in [3.05, 3.63) is 87.5 Å². The van der Waals surface area contributed by atoms with Gasteiger partial charge in [0, 0.05) is 23.3 Å². The second-order valence-electron chi connectivity index (χ2n) is 8.55. The summed E-state index contributed by atoms with van der Waals surface area (Å²) in [6.07, 6.45) is 1.85. The van der Waals surface area contributed by atoms with Crippen LogP contribution in [0.4, 0.5) is 5.69 Å². The molecule has 3 N–H and O–H groups in total. The van der Waals surface area contributed by atoms with Crippen LogP contribution >= 0.6 is 0 Å². The molecule has 0 aliphatic heterocycles. The van der Waals surface area contributed by atoms with Crippen molar-refractivity contribution in [2.45, 2.75) is 38.6 Å². The second-order valence-corrected chi connectivity index (χ2v) is 8.55. The maximum Gasteiger partial charge on any atom is 0.340 e. The molecule has 2 heterocycles. The highest BCUT2D eigenvalue weighted by Crippen LogP contribution is 2.24. The number of hydrogen-bond donors (Lipinski definition) is 3. The molecule has 1 atom stereocenters. The smallest absolute Gasteiger partial charge is 0.340 e. The fraction of sp³-hybridized carbons (Fsp3) is 0.231. The zero-order valence-electron chi connectivity index (χ0n) is 19.9. The highest BCUT2D eigenvalue weighted by atomic mass is 16.4. The molecule has 0 spiro atoms. The number of aryl methyl sites for hydroxylation is 3. The van der Waals surface area contributed by atoms with Gasteiger partial charge in [-0.1, -0.05) is 35.5 Å². The van der Waals surface area contributed by atoms with Crippen molar-refractivity contribution in [3.63, 3.8) is 0 Å². The summed E-state index contributed by atoms with van der Waals surface area (Å²) >= 11 is 0. The van der Waals surface area contributed by atoms with Gasteiger partial charge >= 0.3 is 17.6 Å². The Morgan fingerprint density at radius 1 is 1.05 bits per heavy atom. The van der Waals surface area contributed by atoms with Gasteiger partial charge in [-0.25, -0.2) is 9.48 Å². The molecule has 4 aromatic rings. The molecule has 11 heteroatoms. The van der Waals surface area contributed by atoms with Crippen LogP contribution in [0.1, 0.15) is 34.8 Å². The molecule has 4 rings (SSSR count). The monoisotopic (exact) mass is 504 g/mol. The Bertz CT molecular complexity index is 1530. The standard InChI is InChI=1S/C26H24N4O7/c1-15-19-10-9-17(11-22(19)37-26(36)20(15)12-23(31)32)27-25(35)21(13-24(33)34)30-14-18(28-29-30)8-7-16-5-3-2-4-6-16/h2-6,9-11,14,21H,7-8,12-13H2,1H3,(H,27,35)(H,31,32)(H,33,34). The number of amides is 1. The number of nitrogens with one attached hydrogen (secondary N) is 1. The number of rotatable bonds is 10. The number of anilines is 1. The fourth-order valence-electron chi connectivity index (χ4n) is 4.02. The van der Waals surface area contributed by atoms with E-state index in [9.17, 15) is 24.3 Å². The van der Waals surface area contributed by atoms with Gasteiger partial charge in [0.05, 0.1) is 24.1 Å². The molecule has 2 aromatic carbocycles. The lowest BCUT2D eigenvalue weighted by atomic mass is 10.0. The van der Waals surface area contributed by atoms with Crippen LogP contribution in [0, 0.1) is 6.92 Å². The number of carbonyl (C=O) groups excluding carboxylic acids is 1. The van der Waals surface area contributed by atoms with Crippen molar-refractivity contribution >= 4 is 34.5 Å². The first-order chi connectivity index (χ1) is 17.7. The molecular formula is C26H24N4O7. The van der Waals surface area contributed by atoms with Gasteiger partial charge < -0.3 is 19.9 Å². The van der Waals surface area contributed by atoms with Crippen molar-refractivity contribution in [3.8, 4) is 0 Å². The number of nitrogens with zero attached hydrogens (tertiary/aromatic N) is 3. The van der Waals surface area contributed by atoms with Crippen LogP contribution in [0.15, 0.2) is 63.9 Å². The Morgan fingerprint density at radius 2 is 1.81 bits per heavy atom. The molecular weight excluding hydrogens is 480 g/mol. The Kier molecular flexibility index (Phi) is 7.42. The van der Waals surface area contributed by atoms with E-state index in [2.05, 4.69) is 15.6 Å². The number of hydrogen-bond acceptors (Lipinski definition) is 7. The molecule has 0 saturated heterocycles. The minimum atomic E-state index is -1.19. The third-order valence-corrected chi connectivity index (χ3v) is 5.94. The summed E-state index contributed by atoms with van der Waals surface area (Å²) in [6, 6.07) is 13.2. The Labute approximate surface area is 210 Å². The van der Waals surface area contributed by atoms with Gasteiger partial charge in [-0.3, -0.25) is 14.4 Å². The number of carboxylic acid groups (broad SMARTS) is 2. The fourth-order valence-corrected chi connectivity index (χ4v) is 4.02. The number of carbonyl (C=O) groups is 3. The zero-order valence-corrected chi connectivity index (χ0v) is 19.9. The average Bonchev–Trinajstić information content (AvgIpc) is 3.33. The van der Waals surface area contributed by atoms with E-state index in [1.165, 1.54) is 10.7 Å². The number of carboxylic acids is 2. The molecule has 0 aliphatic carbocycles. The third-order valence-electron chi connectivity index (χ3n) is 5.94. The van der Waals surface area contributed by atoms with Crippen LogP contribution < -0.4 is 10.9 Å². The Balaban J connectivity index is 1.54. The van der Waals surface area contributed by atoms with Gasteiger partial charge in [0.2, 0.25) is 5.91 Å². The van der Waals surface area contributed by atoms with Crippen molar-refractivity contribution in [1.82, 2.24) is 15.0 Å². The highest BCUT2D eigenvalue weighted by Gasteiger charge is 2.26. The highest BCUT2D eigenvalue weighted by molar-refractivity contribution is 5.97. The molecule has 0 radical (unpaired) electrons. The first-order valence-electron chi connectivity index (χ1n) is 11.5. The van der Waals surface area contributed by atoms with E-state index in [1.807, 2.05) is 30.3 Å². The molecule has 0 bridgehead atoms. The maximum absolute atomic E-state index is 13.1. The van der Waals surface area contributed by atoms with Crippen molar-refractivity contribution in [2.24, 2.45) is 0 Å². The van der Waals surface area contributed by atoms with Crippen molar-refractivity contribution < 1.29 is 29.0 Å². The second kappa shape index (κ2) is 10.9. The number of aromatic nitrogens is 3. The van der Waals surface area contributed by atoms with E-state index < -0.39 is 42.4 Å². The molecule has 0 fully saturated rings. The van der Waals surface area contributed by atoms with E-state index in [4.69, 9.17) is 9.52 Å². The number of benzene rings is 2. The largest absolute Gasteiger partial charge is 0.481 e. The first kappa shape index (κ1) is 25.3. The summed E-state index contributed by atoms with van der Waals surface area (Å²) in [5, 5.41) is 29.7. The van der Waals surface area contributed by atoms with Crippen molar-refractivity contribution in [1.29, 1.82) is 0 Å². The van der Waals surface area contributed by atoms with Gasteiger partial charge in [0.15, 0.2) is 0 Å². The number of fused-ring (bicyclic) bond motifs is 1. The summed E-state index contributed by atoms with van der Waals surface area (Å²) in [5.41, 5.74) is 1.91. The van der Waals surface area contributed by atoms with Crippen LogP contribution in [0.5, 0.6) is 0 Å². The normalized spacial score (nSPS) is 11.8. The summed E-state index contributed by atoms with van der Waals surface area (Å²) in [5.74, 6) is -2.98. The van der Waals surface area contributed by atoms with Crippen LogP contribution in [-0.4, -0.2) is 43.1 Å². The molecule has 2 aromatic heterocycles. The van der Waals surface area contributed by atoms with Crippen LogP contribution in [0.3, 0.4) is 0 Å². The molecule has 0 aliphatic rings. The summed E-state index contributed by atoms with van der Waals surface area (Å²) in [7, 11) is 0. The van der Waals surface area contributed by atoms with Gasteiger partial charge in [0.25, 0.3) is 0 Å². The van der Waals surface area contributed by atoms with Gasteiger partial charge in [0.1, 0.15) is 11.6 Å². The van der Waals surface area contributed by atoms with Crippen molar-refractivity contribution in [2.75, 3.05) is 5.32 Å². The zero-order chi connectivity index (χ0) is 26.5. The summed E-state index contributed by atoms with van der Waals surface area (Å²) < 4.78 is 6.51. The molecule has 11 nitrogen and oxygen atoms in total. The minimum Gasteiger partial charge on any atom is -0.481 e. The van der Waals surface area contributed by atoms with Gasteiger partial charge in [-0.15, -0.1) is 5.10 Å². The number of aliphatic carboxylic acids is 2. The predicted molar refractivity (Wildman–Crippen MR) is 132 cm³/mol. The predicted octanol–water partition coefficient (Wildman–Crippen LogP) is 2.76. The van der Waals surface area contributed by atoms with E-state index >= 15 is 0 Å². The summed E-state index contributed by atoms with van der Waals surface area (Å²) in [4.78, 5) is 47.9. The average molecular weight is 504 g/mol. The molecule has 0 saturated carbocycles. The molecule has 190 valence electrons.